The minimum atomic E-state index is -0.473. The highest BCUT2D eigenvalue weighted by atomic mass is 16.6. The molecule has 0 aromatic carbocycles. The first-order valence-electron chi connectivity index (χ1n) is 5.50. The van der Waals surface area contributed by atoms with E-state index in [0.717, 1.165) is 25.5 Å². The van der Waals surface area contributed by atoms with E-state index in [1.54, 1.807) is 6.92 Å². The summed E-state index contributed by atoms with van der Waals surface area (Å²) in [5, 5.41) is 0. The number of aldehydes is 1. The van der Waals surface area contributed by atoms with E-state index in [4.69, 9.17) is 4.74 Å². The van der Waals surface area contributed by atoms with E-state index in [9.17, 15) is 9.59 Å². The molecule has 0 aliphatic heterocycles. The van der Waals surface area contributed by atoms with Gasteiger partial charge in [-0.05, 0) is 33.6 Å². The summed E-state index contributed by atoms with van der Waals surface area (Å²) in [4.78, 5) is 22.8. The second-order valence-corrected chi connectivity index (χ2v) is 5.46. The fraction of sp³-hybridized carbons (Fsp3) is 0.833. The standard InChI is InChI=1S/C12H20O3/c1-9(10(14)15-11(2,3)4)12(8-13)6-5-7-12/h8-9H,5-7H2,1-4H3. The van der Waals surface area contributed by atoms with Crippen LogP contribution in [-0.2, 0) is 14.3 Å². The van der Waals surface area contributed by atoms with Crippen molar-refractivity contribution in [2.75, 3.05) is 0 Å². The van der Waals surface area contributed by atoms with E-state index in [0.29, 0.717) is 0 Å². The molecular formula is C12H20O3. The highest BCUT2D eigenvalue weighted by molar-refractivity contribution is 5.79. The van der Waals surface area contributed by atoms with Crippen molar-refractivity contribution in [3.8, 4) is 0 Å². The fourth-order valence-electron chi connectivity index (χ4n) is 1.86. The lowest BCUT2D eigenvalue weighted by Gasteiger charge is -2.41. The monoisotopic (exact) mass is 212 g/mol. The molecule has 1 saturated carbocycles. The first-order valence-corrected chi connectivity index (χ1v) is 5.50. The van der Waals surface area contributed by atoms with Crippen molar-refractivity contribution in [2.24, 2.45) is 11.3 Å². The largest absolute Gasteiger partial charge is 0.460 e. The minimum absolute atomic E-state index is 0.255. The van der Waals surface area contributed by atoms with Crippen LogP contribution in [0.3, 0.4) is 0 Å². The smallest absolute Gasteiger partial charge is 0.310 e. The van der Waals surface area contributed by atoms with Gasteiger partial charge in [-0.3, -0.25) is 4.79 Å². The molecule has 1 atom stereocenters. The summed E-state index contributed by atoms with van der Waals surface area (Å²) >= 11 is 0. The van der Waals surface area contributed by atoms with Crippen molar-refractivity contribution in [1.29, 1.82) is 0 Å². The summed E-state index contributed by atoms with van der Waals surface area (Å²) in [5.74, 6) is -0.572. The number of rotatable bonds is 3. The molecule has 0 radical (unpaired) electrons. The van der Waals surface area contributed by atoms with Gasteiger partial charge in [0.2, 0.25) is 0 Å². The zero-order valence-corrected chi connectivity index (χ0v) is 10.0. The maximum Gasteiger partial charge on any atom is 0.310 e. The highest BCUT2D eigenvalue weighted by Gasteiger charge is 2.46. The first-order chi connectivity index (χ1) is 6.81. The molecule has 1 unspecified atom stereocenters. The second-order valence-electron chi connectivity index (χ2n) is 5.46. The molecule has 0 saturated heterocycles. The predicted octanol–water partition coefficient (Wildman–Crippen LogP) is 2.33. The van der Waals surface area contributed by atoms with Crippen LogP contribution < -0.4 is 0 Å². The van der Waals surface area contributed by atoms with Gasteiger partial charge in [0.25, 0.3) is 0 Å². The Bertz CT molecular complexity index is 259. The van der Waals surface area contributed by atoms with Crippen molar-refractivity contribution < 1.29 is 14.3 Å². The Morgan fingerprint density at radius 1 is 1.40 bits per heavy atom. The molecule has 1 rings (SSSR count). The number of carbonyl (C=O) groups excluding carboxylic acids is 2. The number of esters is 1. The average Bonchev–Trinajstić information content (AvgIpc) is 1.99. The average molecular weight is 212 g/mol. The lowest BCUT2D eigenvalue weighted by atomic mass is 9.62. The maximum atomic E-state index is 11.8. The summed E-state index contributed by atoms with van der Waals surface area (Å²) < 4.78 is 5.29. The molecule has 0 aromatic rings. The van der Waals surface area contributed by atoms with Gasteiger partial charge in [0.05, 0.1) is 5.92 Å². The van der Waals surface area contributed by atoms with Gasteiger partial charge in [-0.2, -0.15) is 0 Å². The quantitative estimate of drug-likeness (QED) is 0.532. The summed E-state index contributed by atoms with van der Waals surface area (Å²) in [7, 11) is 0. The van der Waals surface area contributed by atoms with Crippen molar-refractivity contribution in [3.63, 3.8) is 0 Å². The van der Waals surface area contributed by atoms with Crippen LogP contribution in [0.5, 0.6) is 0 Å². The molecular weight excluding hydrogens is 192 g/mol. The Morgan fingerprint density at radius 2 is 1.93 bits per heavy atom. The number of carbonyl (C=O) groups is 2. The number of ether oxygens (including phenoxy) is 1. The molecule has 3 heteroatoms. The predicted molar refractivity (Wildman–Crippen MR) is 57.4 cm³/mol. The summed E-state index contributed by atoms with van der Waals surface area (Å²) in [6.07, 6.45) is 3.60. The SMILES string of the molecule is CC(C(=O)OC(C)(C)C)C1(C=O)CCC1. The van der Waals surface area contributed by atoms with Gasteiger partial charge in [-0.25, -0.2) is 0 Å². The lowest BCUT2D eigenvalue weighted by Crippen LogP contribution is -2.43. The zero-order chi connectivity index (χ0) is 11.7. The summed E-state index contributed by atoms with van der Waals surface area (Å²) in [6, 6.07) is 0. The van der Waals surface area contributed by atoms with Crippen molar-refractivity contribution in [3.05, 3.63) is 0 Å². The van der Waals surface area contributed by atoms with E-state index in [1.807, 2.05) is 20.8 Å². The lowest BCUT2D eigenvalue weighted by molar-refractivity contribution is -0.168. The van der Waals surface area contributed by atoms with E-state index >= 15 is 0 Å². The van der Waals surface area contributed by atoms with Crippen LogP contribution in [0.25, 0.3) is 0 Å². The van der Waals surface area contributed by atoms with Crippen LogP contribution in [0.1, 0.15) is 47.0 Å². The Hall–Kier alpha value is -0.860. The van der Waals surface area contributed by atoms with E-state index in [1.165, 1.54) is 0 Å². The fourth-order valence-corrected chi connectivity index (χ4v) is 1.86. The van der Waals surface area contributed by atoms with E-state index < -0.39 is 11.0 Å². The molecule has 1 aliphatic carbocycles. The third kappa shape index (κ3) is 2.58. The molecule has 15 heavy (non-hydrogen) atoms. The number of hydrogen-bond donors (Lipinski definition) is 0. The molecule has 1 aliphatic rings. The highest BCUT2D eigenvalue weighted by Crippen LogP contribution is 2.45. The molecule has 0 amide bonds. The Balaban J connectivity index is 2.63. The second kappa shape index (κ2) is 3.95. The van der Waals surface area contributed by atoms with Gasteiger partial charge in [-0.1, -0.05) is 13.3 Å². The third-order valence-electron chi connectivity index (χ3n) is 3.14. The minimum Gasteiger partial charge on any atom is -0.460 e. The Morgan fingerprint density at radius 3 is 2.20 bits per heavy atom. The molecule has 0 bridgehead atoms. The zero-order valence-electron chi connectivity index (χ0n) is 10.0. The topological polar surface area (TPSA) is 43.4 Å². The van der Waals surface area contributed by atoms with E-state index in [-0.39, 0.29) is 11.9 Å². The van der Waals surface area contributed by atoms with E-state index in [2.05, 4.69) is 0 Å². The molecule has 1 fully saturated rings. The molecule has 0 aromatic heterocycles. The number of hydrogen-bond acceptors (Lipinski definition) is 3. The molecule has 0 N–H and O–H groups in total. The van der Waals surface area contributed by atoms with Crippen LogP contribution >= 0.6 is 0 Å². The molecule has 86 valence electrons. The van der Waals surface area contributed by atoms with Crippen molar-refractivity contribution in [2.45, 2.75) is 52.6 Å². The molecule has 0 heterocycles. The Labute approximate surface area is 91.2 Å². The normalized spacial score (nSPS) is 21.3. The van der Waals surface area contributed by atoms with Crippen LogP contribution in [0.4, 0.5) is 0 Å². The van der Waals surface area contributed by atoms with Gasteiger partial charge >= 0.3 is 5.97 Å². The van der Waals surface area contributed by atoms with Crippen LogP contribution in [0, 0.1) is 11.3 Å². The first kappa shape index (κ1) is 12.2. The van der Waals surface area contributed by atoms with Gasteiger partial charge in [0.1, 0.15) is 11.9 Å². The summed E-state index contributed by atoms with van der Waals surface area (Å²) in [5.41, 5.74) is -0.915. The third-order valence-corrected chi connectivity index (χ3v) is 3.14. The van der Waals surface area contributed by atoms with Crippen LogP contribution in [0.15, 0.2) is 0 Å². The maximum absolute atomic E-state index is 11.8. The van der Waals surface area contributed by atoms with Gasteiger partial charge in [0, 0.05) is 5.41 Å². The van der Waals surface area contributed by atoms with Crippen LogP contribution in [0.2, 0.25) is 0 Å². The summed E-state index contributed by atoms with van der Waals surface area (Å²) in [6.45, 7) is 7.31. The van der Waals surface area contributed by atoms with Crippen LogP contribution in [-0.4, -0.2) is 17.9 Å². The van der Waals surface area contributed by atoms with Crippen molar-refractivity contribution >= 4 is 12.3 Å². The van der Waals surface area contributed by atoms with Crippen molar-refractivity contribution in [1.82, 2.24) is 0 Å². The van der Waals surface area contributed by atoms with Gasteiger partial charge < -0.3 is 9.53 Å². The van der Waals surface area contributed by atoms with Gasteiger partial charge in [-0.15, -0.1) is 0 Å². The molecule has 3 nitrogen and oxygen atoms in total. The molecule has 0 spiro atoms. The Kier molecular flexibility index (Phi) is 3.22. The van der Waals surface area contributed by atoms with Gasteiger partial charge in [0.15, 0.2) is 0 Å².